The molecule has 0 bridgehead atoms. The Morgan fingerprint density at radius 2 is 2.16 bits per heavy atom. The molecule has 0 aliphatic heterocycles. The van der Waals surface area contributed by atoms with Gasteiger partial charge in [0.1, 0.15) is 4.21 Å². The number of hydrogen-bond acceptors (Lipinski definition) is 5. The van der Waals surface area contributed by atoms with E-state index in [-0.39, 0.29) is 17.4 Å². The maximum Gasteiger partial charge on any atom is 0.252 e. The van der Waals surface area contributed by atoms with E-state index in [1.807, 2.05) is 0 Å². The topological polar surface area (TPSA) is 86.7 Å². The smallest absolute Gasteiger partial charge is 0.252 e. The van der Waals surface area contributed by atoms with Crippen molar-refractivity contribution < 1.29 is 18.3 Å². The molecule has 0 radical (unpaired) electrons. The summed E-state index contributed by atoms with van der Waals surface area (Å²) in [5.74, 6) is -0.457. The van der Waals surface area contributed by atoms with Crippen LogP contribution in [0.1, 0.15) is 13.8 Å². The molecule has 0 unspecified atom stereocenters. The van der Waals surface area contributed by atoms with Crippen LogP contribution in [0.3, 0.4) is 0 Å². The van der Waals surface area contributed by atoms with Crippen molar-refractivity contribution in [2.24, 2.45) is 0 Å². The third-order valence-corrected chi connectivity index (χ3v) is 5.58. The van der Waals surface area contributed by atoms with Crippen molar-refractivity contribution in [2.75, 3.05) is 20.2 Å². The number of nitrogens with zero attached hydrogens (tertiary/aromatic N) is 1. The van der Waals surface area contributed by atoms with Crippen LogP contribution in [0, 0.1) is 0 Å². The van der Waals surface area contributed by atoms with Crippen LogP contribution in [-0.2, 0) is 14.8 Å². The zero-order valence-corrected chi connectivity index (χ0v) is 12.7. The highest BCUT2D eigenvalue weighted by Gasteiger charge is 2.26. The van der Waals surface area contributed by atoms with E-state index in [0.29, 0.717) is 0 Å². The van der Waals surface area contributed by atoms with Gasteiger partial charge in [0.15, 0.2) is 0 Å². The second-order valence-electron chi connectivity index (χ2n) is 4.78. The SMILES string of the molecule is CN(CC(=O)NC(C)(C)CO)S(=O)(=O)c1cccs1. The second kappa shape index (κ2) is 6.00. The van der Waals surface area contributed by atoms with Gasteiger partial charge in [0, 0.05) is 7.05 Å². The summed E-state index contributed by atoms with van der Waals surface area (Å²) in [5, 5.41) is 13.3. The highest BCUT2D eigenvalue weighted by Crippen LogP contribution is 2.19. The molecule has 2 N–H and O–H groups in total. The minimum absolute atomic E-state index is 0.198. The fraction of sp³-hybridized carbons (Fsp3) is 0.545. The fourth-order valence-corrected chi connectivity index (χ4v) is 3.64. The monoisotopic (exact) mass is 306 g/mol. The summed E-state index contributed by atoms with van der Waals surface area (Å²) in [4.78, 5) is 11.7. The Morgan fingerprint density at radius 3 is 2.63 bits per heavy atom. The first-order chi connectivity index (χ1) is 8.69. The van der Waals surface area contributed by atoms with Crippen molar-refractivity contribution in [1.29, 1.82) is 0 Å². The number of likely N-dealkylation sites (N-methyl/N-ethyl adjacent to an activating group) is 1. The molecule has 1 amide bonds. The third-order valence-electron chi connectivity index (χ3n) is 2.40. The third kappa shape index (κ3) is 4.27. The van der Waals surface area contributed by atoms with Crippen molar-refractivity contribution in [2.45, 2.75) is 23.6 Å². The number of thiophene rings is 1. The molecule has 0 spiro atoms. The van der Waals surface area contributed by atoms with E-state index < -0.39 is 21.5 Å². The van der Waals surface area contributed by atoms with E-state index in [1.54, 1.807) is 25.3 Å². The lowest BCUT2D eigenvalue weighted by Gasteiger charge is -2.25. The van der Waals surface area contributed by atoms with Crippen LogP contribution in [0.5, 0.6) is 0 Å². The van der Waals surface area contributed by atoms with Crippen LogP contribution >= 0.6 is 11.3 Å². The number of carbonyl (C=O) groups excluding carboxylic acids is 1. The number of aliphatic hydroxyl groups is 1. The Labute approximate surface area is 117 Å². The van der Waals surface area contributed by atoms with Crippen LogP contribution in [0.2, 0.25) is 0 Å². The molecule has 0 aromatic carbocycles. The molecule has 0 fully saturated rings. The zero-order chi connectivity index (χ0) is 14.7. The summed E-state index contributed by atoms with van der Waals surface area (Å²) < 4.78 is 25.3. The molecular weight excluding hydrogens is 288 g/mol. The Kier molecular flexibility index (Phi) is 5.08. The first-order valence-electron chi connectivity index (χ1n) is 5.61. The molecular formula is C11H18N2O4S2. The standard InChI is InChI=1S/C11H18N2O4S2/c1-11(2,8-14)12-9(15)7-13(3)19(16,17)10-5-4-6-18-10/h4-6,14H,7-8H2,1-3H3,(H,12,15). The summed E-state index contributed by atoms with van der Waals surface area (Å²) in [6.07, 6.45) is 0. The van der Waals surface area contributed by atoms with Gasteiger partial charge in [-0.3, -0.25) is 4.79 Å². The Morgan fingerprint density at radius 1 is 1.53 bits per heavy atom. The molecule has 1 aromatic heterocycles. The first kappa shape index (κ1) is 16.1. The molecule has 1 heterocycles. The predicted molar refractivity (Wildman–Crippen MR) is 73.4 cm³/mol. The van der Waals surface area contributed by atoms with Gasteiger partial charge >= 0.3 is 0 Å². The van der Waals surface area contributed by atoms with Crippen molar-refractivity contribution in [3.05, 3.63) is 17.5 Å². The summed E-state index contributed by atoms with van der Waals surface area (Å²) in [6, 6.07) is 3.13. The highest BCUT2D eigenvalue weighted by atomic mass is 32.2. The van der Waals surface area contributed by atoms with Crippen LogP contribution in [-0.4, -0.2) is 49.5 Å². The molecule has 108 valence electrons. The average molecular weight is 306 g/mol. The summed E-state index contributed by atoms with van der Waals surface area (Å²) >= 11 is 1.10. The predicted octanol–water partition coefficient (Wildman–Crippen LogP) is 0.256. The van der Waals surface area contributed by atoms with Crippen molar-refractivity contribution in [3.63, 3.8) is 0 Å². The van der Waals surface area contributed by atoms with Gasteiger partial charge in [0.25, 0.3) is 10.0 Å². The van der Waals surface area contributed by atoms with Gasteiger partial charge in [-0.25, -0.2) is 8.42 Å². The van der Waals surface area contributed by atoms with Crippen LogP contribution in [0.4, 0.5) is 0 Å². The maximum atomic E-state index is 12.1. The molecule has 0 atom stereocenters. The Hall–Kier alpha value is -0.960. The van der Waals surface area contributed by atoms with Gasteiger partial charge in [0.05, 0.1) is 18.7 Å². The van der Waals surface area contributed by atoms with Gasteiger partial charge in [-0.15, -0.1) is 11.3 Å². The van der Waals surface area contributed by atoms with Crippen LogP contribution in [0.15, 0.2) is 21.7 Å². The van der Waals surface area contributed by atoms with E-state index in [1.165, 1.54) is 13.1 Å². The Balaban J connectivity index is 2.70. The minimum atomic E-state index is -3.62. The number of carbonyl (C=O) groups is 1. The zero-order valence-electron chi connectivity index (χ0n) is 11.1. The number of hydrogen-bond donors (Lipinski definition) is 2. The lowest BCUT2D eigenvalue weighted by atomic mass is 10.1. The van der Waals surface area contributed by atoms with E-state index in [4.69, 9.17) is 5.11 Å². The summed E-state index contributed by atoms with van der Waals surface area (Å²) in [6.45, 7) is 2.79. The normalized spacial score (nSPS) is 12.7. The van der Waals surface area contributed by atoms with Gasteiger partial charge in [-0.2, -0.15) is 4.31 Å². The van der Waals surface area contributed by atoms with E-state index in [0.717, 1.165) is 15.6 Å². The van der Waals surface area contributed by atoms with Gasteiger partial charge < -0.3 is 10.4 Å². The Bertz CT molecular complexity index is 523. The summed E-state index contributed by atoms with van der Waals surface area (Å²) in [5.41, 5.74) is -0.773. The fourth-order valence-electron chi connectivity index (χ4n) is 1.31. The number of nitrogens with one attached hydrogen (secondary N) is 1. The second-order valence-corrected chi connectivity index (χ2v) is 8.00. The van der Waals surface area contributed by atoms with Crippen molar-refractivity contribution in [1.82, 2.24) is 9.62 Å². The average Bonchev–Trinajstić information content (AvgIpc) is 2.81. The van der Waals surface area contributed by atoms with E-state index in [9.17, 15) is 13.2 Å². The van der Waals surface area contributed by atoms with Crippen molar-refractivity contribution in [3.8, 4) is 0 Å². The molecule has 19 heavy (non-hydrogen) atoms. The van der Waals surface area contributed by atoms with Gasteiger partial charge in [-0.05, 0) is 25.3 Å². The number of rotatable bonds is 6. The lowest BCUT2D eigenvalue weighted by Crippen LogP contribution is -2.50. The van der Waals surface area contributed by atoms with E-state index >= 15 is 0 Å². The molecule has 0 saturated carbocycles. The van der Waals surface area contributed by atoms with Crippen LogP contribution < -0.4 is 5.32 Å². The van der Waals surface area contributed by atoms with Gasteiger partial charge in [-0.1, -0.05) is 6.07 Å². The minimum Gasteiger partial charge on any atom is -0.394 e. The highest BCUT2D eigenvalue weighted by molar-refractivity contribution is 7.91. The lowest BCUT2D eigenvalue weighted by molar-refractivity contribution is -0.123. The summed E-state index contributed by atoms with van der Waals surface area (Å²) in [7, 11) is -2.28. The largest absolute Gasteiger partial charge is 0.394 e. The van der Waals surface area contributed by atoms with Crippen molar-refractivity contribution >= 4 is 27.3 Å². The number of amides is 1. The molecule has 0 aliphatic rings. The van der Waals surface area contributed by atoms with Crippen LogP contribution in [0.25, 0.3) is 0 Å². The molecule has 0 saturated heterocycles. The van der Waals surface area contributed by atoms with Gasteiger partial charge in [0.2, 0.25) is 5.91 Å². The molecule has 1 aromatic rings. The molecule has 1 rings (SSSR count). The molecule has 6 nitrogen and oxygen atoms in total. The quantitative estimate of drug-likeness (QED) is 0.789. The molecule has 0 aliphatic carbocycles. The maximum absolute atomic E-state index is 12.1. The first-order valence-corrected chi connectivity index (χ1v) is 7.93. The van der Waals surface area contributed by atoms with E-state index in [2.05, 4.69) is 5.32 Å². The number of sulfonamides is 1. The number of aliphatic hydroxyl groups excluding tert-OH is 1. The molecule has 8 heteroatoms.